The number of aromatic nitrogens is 1. The molecule has 4 heteroatoms. The van der Waals surface area contributed by atoms with Gasteiger partial charge in [-0.3, -0.25) is 9.78 Å². The van der Waals surface area contributed by atoms with Crippen LogP contribution in [0.5, 0.6) is 0 Å². The molecule has 2 atom stereocenters. The van der Waals surface area contributed by atoms with Crippen molar-refractivity contribution in [2.75, 3.05) is 0 Å². The van der Waals surface area contributed by atoms with Gasteiger partial charge in [0, 0.05) is 12.4 Å². The van der Waals surface area contributed by atoms with E-state index in [1.807, 2.05) is 52.0 Å². The van der Waals surface area contributed by atoms with Crippen molar-refractivity contribution >= 4 is 5.91 Å². The third-order valence-corrected chi connectivity index (χ3v) is 4.00. The summed E-state index contributed by atoms with van der Waals surface area (Å²) in [7, 11) is 0. The van der Waals surface area contributed by atoms with E-state index in [0.717, 1.165) is 16.7 Å². The van der Waals surface area contributed by atoms with Crippen LogP contribution >= 0.6 is 0 Å². The molecule has 0 saturated heterocycles. The Bertz CT molecular complexity index is 645. The Balaban J connectivity index is 2.06. The zero-order chi connectivity index (χ0) is 17.0. The Morgan fingerprint density at radius 3 is 2.09 bits per heavy atom. The van der Waals surface area contributed by atoms with Gasteiger partial charge in [-0.25, -0.2) is 0 Å². The molecule has 0 radical (unpaired) electrons. The molecule has 0 aliphatic carbocycles. The molecular weight excluding hydrogens is 286 g/mol. The van der Waals surface area contributed by atoms with Crippen molar-refractivity contribution in [1.82, 2.24) is 10.3 Å². The Labute approximate surface area is 138 Å². The second-order valence-corrected chi connectivity index (χ2v) is 6.93. The van der Waals surface area contributed by atoms with Gasteiger partial charge in [-0.1, -0.05) is 45.0 Å². The van der Waals surface area contributed by atoms with Gasteiger partial charge >= 0.3 is 0 Å². The summed E-state index contributed by atoms with van der Waals surface area (Å²) in [6.45, 7) is 7.86. The van der Waals surface area contributed by atoms with Crippen LogP contribution in [0.1, 0.15) is 39.3 Å². The van der Waals surface area contributed by atoms with Crippen molar-refractivity contribution in [2.24, 2.45) is 11.1 Å². The molecule has 0 saturated carbocycles. The van der Waals surface area contributed by atoms with Crippen LogP contribution in [0.15, 0.2) is 48.8 Å². The van der Waals surface area contributed by atoms with E-state index in [1.54, 1.807) is 12.4 Å². The van der Waals surface area contributed by atoms with Gasteiger partial charge < -0.3 is 11.1 Å². The molecule has 0 aliphatic rings. The second kappa shape index (κ2) is 6.92. The van der Waals surface area contributed by atoms with Crippen molar-refractivity contribution in [2.45, 2.75) is 39.8 Å². The molecule has 2 aromatic rings. The number of hydrogen-bond donors (Lipinski definition) is 2. The van der Waals surface area contributed by atoms with E-state index in [0.29, 0.717) is 0 Å². The Hall–Kier alpha value is -2.20. The topological polar surface area (TPSA) is 68.0 Å². The minimum absolute atomic E-state index is 0.0811. The normalized spacial score (nSPS) is 14.1. The number of nitrogens with zero attached hydrogens (tertiary/aromatic N) is 1. The summed E-state index contributed by atoms with van der Waals surface area (Å²) in [6.07, 6.45) is 3.56. The fourth-order valence-electron chi connectivity index (χ4n) is 2.29. The van der Waals surface area contributed by atoms with Crippen molar-refractivity contribution in [3.8, 4) is 11.1 Å². The molecule has 0 bridgehead atoms. The first kappa shape index (κ1) is 17.2. The first-order valence-corrected chi connectivity index (χ1v) is 7.85. The third kappa shape index (κ3) is 4.39. The predicted octanol–water partition coefficient (Wildman–Crippen LogP) is 3.30. The zero-order valence-corrected chi connectivity index (χ0v) is 14.2. The molecule has 1 amide bonds. The lowest BCUT2D eigenvalue weighted by molar-refractivity contribution is -0.125. The van der Waals surface area contributed by atoms with Gasteiger partial charge in [-0.2, -0.15) is 0 Å². The molecule has 1 aromatic heterocycles. The maximum Gasteiger partial charge on any atom is 0.237 e. The summed E-state index contributed by atoms with van der Waals surface area (Å²) in [5.41, 5.74) is 9.05. The first-order chi connectivity index (χ1) is 10.8. The fraction of sp³-hybridized carbons (Fsp3) is 0.368. The number of nitrogens with two attached hydrogens (primary N) is 1. The molecule has 1 aromatic carbocycles. The van der Waals surface area contributed by atoms with Crippen LogP contribution in [0.3, 0.4) is 0 Å². The predicted molar refractivity (Wildman–Crippen MR) is 93.7 cm³/mol. The van der Waals surface area contributed by atoms with Crippen LogP contribution in [0.2, 0.25) is 0 Å². The van der Waals surface area contributed by atoms with E-state index < -0.39 is 6.04 Å². The van der Waals surface area contributed by atoms with E-state index in [1.165, 1.54) is 0 Å². The lowest BCUT2D eigenvalue weighted by Crippen LogP contribution is -2.49. The van der Waals surface area contributed by atoms with E-state index in [-0.39, 0.29) is 17.4 Å². The smallest absolute Gasteiger partial charge is 0.237 e. The summed E-state index contributed by atoms with van der Waals surface area (Å²) >= 11 is 0. The standard InChI is InChI=1S/C19H25N3O/c1-13(22-18(23)17(20)19(2,3)4)14-5-7-15(8-6-14)16-9-11-21-12-10-16/h5-13,17H,20H2,1-4H3,(H,22,23)/t13?,17-/m1/s1. The molecule has 0 fully saturated rings. The van der Waals surface area contributed by atoms with Crippen LogP contribution in [0, 0.1) is 5.41 Å². The molecule has 2 rings (SSSR count). The molecule has 0 aliphatic heterocycles. The molecule has 3 N–H and O–H groups in total. The average molecular weight is 311 g/mol. The van der Waals surface area contributed by atoms with Crippen LogP contribution in [0.4, 0.5) is 0 Å². The Morgan fingerprint density at radius 1 is 1.04 bits per heavy atom. The fourth-order valence-corrected chi connectivity index (χ4v) is 2.29. The molecule has 1 unspecified atom stereocenters. The van der Waals surface area contributed by atoms with Gasteiger partial charge in [0.05, 0.1) is 12.1 Å². The highest BCUT2D eigenvalue weighted by Crippen LogP contribution is 2.22. The first-order valence-electron chi connectivity index (χ1n) is 7.85. The maximum atomic E-state index is 12.2. The lowest BCUT2D eigenvalue weighted by atomic mass is 9.86. The van der Waals surface area contributed by atoms with Gasteiger partial charge in [-0.05, 0) is 41.2 Å². The van der Waals surface area contributed by atoms with Gasteiger partial charge in [0.1, 0.15) is 0 Å². The van der Waals surface area contributed by atoms with Crippen molar-refractivity contribution in [3.63, 3.8) is 0 Å². The highest BCUT2D eigenvalue weighted by molar-refractivity contribution is 5.82. The molecular formula is C19H25N3O. The Morgan fingerprint density at radius 2 is 1.57 bits per heavy atom. The minimum Gasteiger partial charge on any atom is -0.348 e. The summed E-state index contributed by atoms with van der Waals surface area (Å²) in [4.78, 5) is 16.2. The van der Waals surface area contributed by atoms with Crippen molar-refractivity contribution in [1.29, 1.82) is 0 Å². The monoisotopic (exact) mass is 311 g/mol. The van der Waals surface area contributed by atoms with Crippen LogP contribution < -0.4 is 11.1 Å². The highest BCUT2D eigenvalue weighted by atomic mass is 16.2. The van der Waals surface area contributed by atoms with Crippen molar-refractivity contribution < 1.29 is 4.79 Å². The highest BCUT2D eigenvalue weighted by Gasteiger charge is 2.28. The largest absolute Gasteiger partial charge is 0.348 e. The number of amides is 1. The molecule has 1 heterocycles. The number of carbonyl (C=O) groups is 1. The number of benzene rings is 1. The summed E-state index contributed by atoms with van der Waals surface area (Å²) < 4.78 is 0. The van der Waals surface area contributed by atoms with Crippen LogP contribution in [-0.2, 0) is 4.79 Å². The minimum atomic E-state index is -0.527. The van der Waals surface area contributed by atoms with Gasteiger partial charge in [-0.15, -0.1) is 0 Å². The van der Waals surface area contributed by atoms with E-state index >= 15 is 0 Å². The number of pyridine rings is 1. The average Bonchev–Trinajstić information content (AvgIpc) is 2.54. The summed E-state index contributed by atoms with van der Waals surface area (Å²) in [5, 5.41) is 2.99. The van der Waals surface area contributed by atoms with Gasteiger partial charge in [0.15, 0.2) is 0 Å². The van der Waals surface area contributed by atoms with Gasteiger partial charge in [0.2, 0.25) is 5.91 Å². The lowest BCUT2D eigenvalue weighted by Gasteiger charge is -2.27. The quantitative estimate of drug-likeness (QED) is 0.910. The molecule has 4 nitrogen and oxygen atoms in total. The number of carbonyl (C=O) groups excluding carboxylic acids is 1. The van der Waals surface area contributed by atoms with Crippen LogP contribution in [0.25, 0.3) is 11.1 Å². The van der Waals surface area contributed by atoms with E-state index in [4.69, 9.17) is 5.73 Å². The maximum absolute atomic E-state index is 12.2. The van der Waals surface area contributed by atoms with Crippen LogP contribution in [-0.4, -0.2) is 16.9 Å². The summed E-state index contributed by atoms with van der Waals surface area (Å²) in [6, 6.07) is 11.5. The Kier molecular flexibility index (Phi) is 5.16. The summed E-state index contributed by atoms with van der Waals surface area (Å²) in [5.74, 6) is -0.122. The van der Waals surface area contributed by atoms with Gasteiger partial charge in [0.25, 0.3) is 0 Å². The second-order valence-electron chi connectivity index (χ2n) is 6.93. The number of rotatable bonds is 4. The van der Waals surface area contributed by atoms with E-state index in [2.05, 4.69) is 22.4 Å². The molecule has 122 valence electrons. The number of hydrogen-bond acceptors (Lipinski definition) is 3. The van der Waals surface area contributed by atoms with Crippen molar-refractivity contribution in [3.05, 3.63) is 54.4 Å². The third-order valence-electron chi connectivity index (χ3n) is 4.00. The molecule has 23 heavy (non-hydrogen) atoms. The SMILES string of the molecule is CC(NC(=O)[C@@H](N)C(C)(C)C)c1ccc(-c2ccncc2)cc1. The number of nitrogens with one attached hydrogen (secondary N) is 1. The molecule has 0 spiro atoms. The zero-order valence-electron chi connectivity index (χ0n) is 14.2. The van der Waals surface area contributed by atoms with E-state index in [9.17, 15) is 4.79 Å².